The van der Waals surface area contributed by atoms with Crippen LogP contribution in [0.3, 0.4) is 0 Å². The number of benzene rings is 1. The van der Waals surface area contributed by atoms with Gasteiger partial charge in [0.25, 0.3) is 0 Å². The van der Waals surface area contributed by atoms with Gasteiger partial charge in [0.2, 0.25) is 0 Å². The van der Waals surface area contributed by atoms with Crippen LogP contribution in [-0.2, 0) is 23.2 Å². The van der Waals surface area contributed by atoms with Gasteiger partial charge in [0.05, 0.1) is 16.8 Å². The second kappa shape index (κ2) is 4.56. The van der Waals surface area contributed by atoms with E-state index in [0.29, 0.717) is 0 Å². The van der Waals surface area contributed by atoms with Crippen LogP contribution in [0.5, 0.6) is 0 Å². The summed E-state index contributed by atoms with van der Waals surface area (Å²) in [5.74, 6) is 0. The van der Waals surface area contributed by atoms with Gasteiger partial charge in [0.15, 0.2) is 0 Å². The molecule has 0 aromatic heterocycles. The second-order valence-electron chi connectivity index (χ2n) is 2.86. The fourth-order valence-corrected chi connectivity index (χ4v) is 1.13. The van der Waals surface area contributed by atoms with Crippen LogP contribution in [0.4, 0.5) is 18.9 Å². The van der Waals surface area contributed by atoms with Crippen molar-refractivity contribution in [3.63, 3.8) is 0 Å². The first-order valence-electron chi connectivity index (χ1n) is 3.73. The standard InChI is InChI=1S/C9H7F3N2.Fe/c1-5-2-6(4-13)8(14)3-7(5)9(10,11)12;/h2-3H,14H2,1H3;. The fraction of sp³-hybridized carbons (Fsp3) is 0.222. The van der Waals surface area contributed by atoms with Crippen molar-refractivity contribution in [3.8, 4) is 6.07 Å². The Kier molecular flexibility index (Phi) is 4.20. The van der Waals surface area contributed by atoms with Crippen LogP contribution in [0.15, 0.2) is 12.1 Å². The molecule has 0 atom stereocenters. The van der Waals surface area contributed by atoms with Gasteiger partial charge in [-0.15, -0.1) is 0 Å². The number of halogens is 3. The Labute approximate surface area is 95.4 Å². The van der Waals surface area contributed by atoms with E-state index in [4.69, 9.17) is 11.0 Å². The maximum Gasteiger partial charge on any atom is 0.416 e. The summed E-state index contributed by atoms with van der Waals surface area (Å²) in [5, 5.41) is 8.53. The van der Waals surface area contributed by atoms with Crippen LogP contribution in [0.2, 0.25) is 0 Å². The van der Waals surface area contributed by atoms with Crippen molar-refractivity contribution in [1.82, 2.24) is 0 Å². The zero-order chi connectivity index (χ0) is 10.9. The molecule has 0 saturated heterocycles. The van der Waals surface area contributed by atoms with E-state index in [-0.39, 0.29) is 33.9 Å². The quantitative estimate of drug-likeness (QED) is 0.572. The molecule has 0 spiro atoms. The van der Waals surface area contributed by atoms with E-state index in [9.17, 15) is 13.2 Å². The number of nitrogens with zero attached hydrogens (tertiary/aromatic N) is 1. The minimum Gasteiger partial charge on any atom is -0.398 e. The SMILES string of the molecule is Cc1cc(C#N)c(N)cc1C(F)(F)F.[Fe]. The van der Waals surface area contributed by atoms with Gasteiger partial charge >= 0.3 is 6.18 Å². The van der Waals surface area contributed by atoms with Crippen molar-refractivity contribution in [2.75, 3.05) is 5.73 Å². The minimum absolute atomic E-state index is 0. The summed E-state index contributed by atoms with van der Waals surface area (Å²) in [6, 6.07) is 3.65. The molecule has 1 aromatic rings. The van der Waals surface area contributed by atoms with E-state index in [1.807, 2.05) is 0 Å². The van der Waals surface area contributed by atoms with Gasteiger partial charge in [-0.2, -0.15) is 18.4 Å². The normalized spacial score (nSPS) is 10.3. The number of alkyl halides is 3. The molecule has 0 amide bonds. The summed E-state index contributed by atoms with van der Waals surface area (Å²) in [6.07, 6.45) is -4.42. The van der Waals surface area contributed by atoms with Crippen LogP contribution in [0.25, 0.3) is 0 Å². The Morgan fingerprint density at radius 2 is 1.87 bits per heavy atom. The topological polar surface area (TPSA) is 49.8 Å². The Bertz CT molecular complexity index is 407. The molecule has 1 rings (SSSR count). The van der Waals surface area contributed by atoms with Gasteiger partial charge in [0.1, 0.15) is 6.07 Å². The van der Waals surface area contributed by atoms with Crippen LogP contribution < -0.4 is 5.73 Å². The maximum atomic E-state index is 12.3. The van der Waals surface area contributed by atoms with Crippen LogP contribution in [-0.4, -0.2) is 0 Å². The molecule has 0 aliphatic carbocycles. The average Bonchev–Trinajstić information content (AvgIpc) is 2.06. The zero-order valence-electron chi connectivity index (χ0n) is 7.67. The van der Waals surface area contributed by atoms with E-state index < -0.39 is 11.7 Å². The Morgan fingerprint density at radius 3 is 2.27 bits per heavy atom. The molecule has 0 radical (unpaired) electrons. The molecule has 15 heavy (non-hydrogen) atoms. The second-order valence-corrected chi connectivity index (χ2v) is 2.86. The zero-order valence-corrected chi connectivity index (χ0v) is 8.77. The van der Waals surface area contributed by atoms with Crippen molar-refractivity contribution < 1.29 is 30.2 Å². The first-order valence-corrected chi connectivity index (χ1v) is 3.73. The number of anilines is 1. The minimum atomic E-state index is -4.42. The number of aryl methyl sites for hydroxylation is 1. The molecular weight excluding hydrogens is 249 g/mol. The van der Waals surface area contributed by atoms with E-state index in [2.05, 4.69) is 0 Å². The summed E-state index contributed by atoms with van der Waals surface area (Å²) >= 11 is 0. The molecule has 0 saturated carbocycles. The van der Waals surface area contributed by atoms with Gasteiger partial charge in [-0.3, -0.25) is 0 Å². The van der Waals surface area contributed by atoms with Gasteiger partial charge in [-0.1, -0.05) is 0 Å². The fourth-order valence-electron chi connectivity index (χ4n) is 1.13. The summed E-state index contributed by atoms with van der Waals surface area (Å²) in [5.41, 5.74) is 4.40. The summed E-state index contributed by atoms with van der Waals surface area (Å²) in [7, 11) is 0. The predicted molar refractivity (Wildman–Crippen MR) is 45.3 cm³/mol. The molecule has 1 aromatic carbocycles. The Balaban J connectivity index is 0.00000196. The van der Waals surface area contributed by atoms with Crippen LogP contribution in [0, 0.1) is 18.3 Å². The molecule has 2 nitrogen and oxygen atoms in total. The smallest absolute Gasteiger partial charge is 0.398 e. The van der Waals surface area contributed by atoms with Crippen molar-refractivity contribution in [3.05, 3.63) is 28.8 Å². The molecule has 0 heterocycles. The maximum absolute atomic E-state index is 12.3. The van der Waals surface area contributed by atoms with Gasteiger partial charge in [-0.25, -0.2) is 0 Å². The summed E-state index contributed by atoms with van der Waals surface area (Å²) < 4.78 is 37.0. The Hall–Kier alpha value is -1.18. The van der Waals surface area contributed by atoms with Gasteiger partial charge in [0, 0.05) is 17.1 Å². The predicted octanol–water partition coefficient (Wildman–Crippen LogP) is 2.47. The summed E-state index contributed by atoms with van der Waals surface area (Å²) in [6.45, 7) is 1.29. The van der Waals surface area contributed by atoms with Gasteiger partial charge in [-0.05, 0) is 24.6 Å². The van der Waals surface area contributed by atoms with E-state index >= 15 is 0 Å². The number of nitrogen functional groups attached to an aromatic ring is 1. The molecule has 0 fully saturated rings. The monoisotopic (exact) mass is 256 g/mol. The van der Waals surface area contributed by atoms with Crippen molar-refractivity contribution in [1.29, 1.82) is 5.26 Å². The average molecular weight is 256 g/mol. The van der Waals surface area contributed by atoms with E-state index in [1.54, 1.807) is 6.07 Å². The molecule has 0 aliphatic heterocycles. The molecule has 0 unspecified atom stereocenters. The number of hydrogen-bond acceptors (Lipinski definition) is 2. The first kappa shape index (κ1) is 13.8. The molecule has 0 aliphatic rings. The number of hydrogen-bond donors (Lipinski definition) is 1. The molecule has 82 valence electrons. The van der Waals surface area contributed by atoms with Crippen LogP contribution in [0.1, 0.15) is 16.7 Å². The molecule has 6 heteroatoms. The number of nitriles is 1. The third-order valence-corrected chi connectivity index (χ3v) is 1.82. The van der Waals surface area contributed by atoms with Gasteiger partial charge < -0.3 is 5.73 Å². The van der Waals surface area contributed by atoms with Crippen molar-refractivity contribution >= 4 is 5.69 Å². The van der Waals surface area contributed by atoms with E-state index in [1.165, 1.54) is 6.92 Å². The Morgan fingerprint density at radius 1 is 1.33 bits per heavy atom. The van der Waals surface area contributed by atoms with Crippen molar-refractivity contribution in [2.24, 2.45) is 0 Å². The largest absolute Gasteiger partial charge is 0.416 e. The third kappa shape index (κ3) is 2.88. The van der Waals surface area contributed by atoms with E-state index in [0.717, 1.165) is 12.1 Å². The summed E-state index contributed by atoms with van der Waals surface area (Å²) in [4.78, 5) is 0. The molecular formula is C9H7F3FeN2. The first-order chi connectivity index (χ1) is 6.36. The molecule has 2 N–H and O–H groups in total. The number of nitrogens with two attached hydrogens (primary N) is 1. The third-order valence-electron chi connectivity index (χ3n) is 1.82. The van der Waals surface area contributed by atoms with Crippen molar-refractivity contribution in [2.45, 2.75) is 13.1 Å². The number of rotatable bonds is 0. The molecule has 0 bridgehead atoms. The van der Waals surface area contributed by atoms with Crippen LogP contribution >= 0.6 is 0 Å².